The summed E-state index contributed by atoms with van der Waals surface area (Å²) >= 11 is 1.66. The van der Waals surface area contributed by atoms with Gasteiger partial charge in [-0.05, 0) is 30.6 Å². The minimum atomic E-state index is -0.505. The lowest BCUT2D eigenvalue weighted by Crippen LogP contribution is -2.36. The third-order valence-electron chi connectivity index (χ3n) is 2.08. The molecule has 0 radical (unpaired) electrons. The summed E-state index contributed by atoms with van der Waals surface area (Å²) in [5.41, 5.74) is 6.26. The minimum absolute atomic E-state index is 0.121. The quantitative estimate of drug-likeness (QED) is 0.727. The maximum absolute atomic E-state index is 11.6. The van der Waals surface area contributed by atoms with Crippen LogP contribution >= 0.6 is 11.8 Å². The zero-order chi connectivity index (χ0) is 12.0. The van der Waals surface area contributed by atoms with Gasteiger partial charge in [0.05, 0.1) is 6.04 Å². The monoisotopic (exact) mass is 240 g/mol. The molecule has 1 aromatic carbocycles. The Morgan fingerprint density at radius 3 is 3.00 bits per heavy atom. The van der Waals surface area contributed by atoms with Crippen LogP contribution in [0.25, 0.3) is 0 Å². The largest absolute Gasteiger partial charge is 0.508 e. The fourth-order valence-electron chi connectivity index (χ4n) is 1.19. The van der Waals surface area contributed by atoms with Gasteiger partial charge in [0, 0.05) is 11.8 Å². The van der Waals surface area contributed by atoms with Crippen LogP contribution in [0.1, 0.15) is 6.42 Å². The number of phenols is 1. The minimum Gasteiger partial charge on any atom is -0.508 e. The fourth-order valence-corrected chi connectivity index (χ4v) is 1.68. The van der Waals surface area contributed by atoms with E-state index in [4.69, 9.17) is 5.73 Å². The van der Waals surface area contributed by atoms with Crippen molar-refractivity contribution in [2.75, 3.05) is 17.3 Å². The van der Waals surface area contributed by atoms with E-state index in [1.165, 1.54) is 6.07 Å². The average Bonchev–Trinajstić information content (AvgIpc) is 2.25. The van der Waals surface area contributed by atoms with Crippen LogP contribution in [0.4, 0.5) is 5.69 Å². The summed E-state index contributed by atoms with van der Waals surface area (Å²) in [6.45, 7) is 0. The maximum atomic E-state index is 11.6. The van der Waals surface area contributed by atoms with E-state index >= 15 is 0 Å². The molecule has 0 fully saturated rings. The van der Waals surface area contributed by atoms with E-state index in [1.807, 2.05) is 6.26 Å². The van der Waals surface area contributed by atoms with Gasteiger partial charge in [0.1, 0.15) is 5.75 Å². The van der Waals surface area contributed by atoms with Crippen molar-refractivity contribution in [3.8, 4) is 5.75 Å². The molecule has 0 unspecified atom stereocenters. The molecule has 5 heteroatoms. The molecule has 0 aliphatic heterocycles. The van der Waals surface area contributed by atoms with Crippen molar-refractivity contribution >= 4 is 23.4 Å². The Kier molecular flexibility index (Phi) is 5.14. The first-order valence-electron chi connectivity index (χ1n) is 4.98. The molecule has 4 nitrogen and oxygen atoms in total. The molecule has 1 rings (SSSR count). The van der Waals surface area contributed by atoms with Crippen molar-refractivity contribution in [2.24, 2.45) is 5.73 Å². The molecule has 88 valence electrons. The van der Waals surface area contributed by atoms with Crippen molar-refractivity contribution in [1.29, 1.82) is 0 Å². The molecular formula is C11H16N2O2S. The maximum Gasteiger partial charge on any atom is 0.241 e. The lowest BCUT2D eigenvalue weighted by molar-refractivity contribution is -0.117. The van der Waals surface area contributed by atoms with E-state index in [-0.39, 0.29) is 11.7 Å². The number of thioether (sulfide) groups is 1. The number of carbonyl (C=O) groups is 1. The lowest BCUT2D eigenvalue weighted by Gasteiger charge is -2.11. The molecule has 1 aromatic rings. The van der Waals surface area contributed by atoms with Gasteiger partial charge in [-0.2, -0.15) is 11.8 Å². The summed E-state index contributed by atoms with van der Waals surface area (Å²) in [6.07, 6.45) is 2.62. The van der Waals surface area contributed by atoms with Crippen molar-refractivity contribution in [1.82, 2.24) is 0 Å². The molecule has 0 heterocycles. The van der Waals surface area contributed by atoms with Crippen LogP contribution in [0.2, 0.25) is 0 Å². The smallest absolute Gasteiger partial charge is 0.241 e. The van der Waals surface area contributed by atoms with Crippen LogP contribution in [-0.4, -0.2) is 29.1 Å². The zero-order valence-corrected chi connectivity index (χ0v) is 9.96. The van der Waals surface area contributed by atoms with Crippen molar-refractivity contribution in [3.05, 3.63) is 24.3 Å². The first kappa shape index (κ1) is 12.9. The second-order valence-electron chi connectivity index (χ2n) is 3.43. The number of hydrogen-bond donors (Lipinski definition) is 3. The second kappa shape index (κ2) is 6.40. The third-order valence-corrected chi connectivity index (χ3v) is 2.73. The number of phenolic OH excluding ortho intramolecular Hbond substituents is 1. The SMILES string of the molecule is CSCC[C@@H](N)C(=O)Nc1cccc(O)c1. The summed E-state index contributed by atoms with van der Waals surface area (Å²) in [5.74, 6) is 0.754. The van der Waals surface area contributed by atoms with E-state index in [1.54, 1.807) is 30.0 Å². The Morgan fingerprint density at radius 1 is 1.62 bits per heavy atom. The highest BCUT2D eigenvalue weighted by atomic mass is 32.2. The number of nitrogens with one attached hydrogen (secondary N) is 1. The lowest BCUT2D eigenvalue weighted by atomic mass is 10.2. The number of rotatable bonds is 5. The highest BCUT2D eigenvalue weighted by molar-refractivity contribution is 7.98. The van der Waals surface area contributed by atoms with Gasteiger partial charge in [0.2, 0.25) is 5.91 Å². The predicted molar refractivity (Wildman–Crippen MR) is 67.7 cm³/mol. The van der Waals surface area contributed by atoms with E-state index in [0.29, 0.717) is 12.1 Å². The molecule has 0 aliphatic carbocycles. The van der Waals surface area contributed by atoms with Gasteiger partial charge in [-0.1, -0.05) is 6.07 Å². The van der Waals surface area contributed by atoms with E-state index in [0.717, 1.165) is 5.75 Å². The average molecular weight is 240 g/mol. The van der Waals surface area contributed by atoms with Gasteiger partial charge in [0.15, 0.2) is 0 Å². The fraction of sp³-hybridized carbons (Fsp3) is 0.364. The van der Waals surface area contributed by atoms with Crippen molar-refractivity contribution in [3.63, 3.8) is 0 Å². The van der Waals surface area contributed by atoms with E-state index < -0.39 is 6.04 Å². The zero-order valence-electron chi connectivity index (χ0n) is 9.14. The van der Waals surface area contributed by atoms with Crippen LogP contribution in [0.15, 0.2) is 24.3 Å². The first-order valence-corrected chi connectivity index (χ1v) is 6.37. The van der Waals surface area contributed by atoms with E-state index in [2.05, 4.69) is 5.32 Å². The molecule has 0 aliphatic rings. The molecule has 0 aromatic heterocycles. The number of anilines is 1. The van der Waals surface area contributed by atoms with Crippen molar-refractivity contribution < 1.29 is 9.90 Å². The van der Waals surface area contributed by atoms with E-state index in [9.17, 15) is 9.90 Å². The normalized spacial score (nSPS) is 12.1. The Balaban J connectivity index is 2.50. The van der Waals surface area contributed by atoms with Gasteiger partial charge in [-0.25, -0.2) is 0 Å². The van der Waals surface area contributed by atoms with Gasteiger partial charge >= 0.3 is 0 Å². The Bertz CT molecular complexity index is 358. The number of amides is 1. The molecule has 0 spiro atoms. The highest BCUT2D eigenvalue weighted by Gasteiger charge is 2.12. The molecule has 1 amide bonds. The number of hydrogen-bond acceptors (Lipinski definition) is 4. The summed E-state index contributed by atoms with van der Waals surface area (Å²) < 4.78 is 0. The van der Waals surface area contributed by atoms with Gasteiger partial charge in [-0.15, -0.1) is 0 Å². The summed E-state index contributed by atoms with van der Waals surface area (Å²) in [5, 5.41) is 11.9. The topological polar surface area (TPSA) is 75.4 Å². The Morgan fingerprint density at radius 2 is 2.38 bits per heavy atom. The standard InChI is InChI=1S/C11H16N2O2S/c1-16-6-5-10(12)11(15)13-8-3-2-4-9(14)7-8/h2-4,7,10,14H,5-6,12H2,1H3,(H,13,15)/t10-/m1/s1. The Hall–Kier alpha value is -1.20. The summed E-state index contributed by atoms with van der Waals surface area (Å²) in [7, 11) is 0. The van der Waals surface area contributed by atoms with Crippen LogP contribution in [0.3, 0.4) is 0 Å². The Labute approximate surface area is 99.2 Å². The number of benzene rings is 1. The number of carbonyl (C=O) groups excluding carboxylic acids is 1. The van der Waals surface area contributed by atoms with Crippen LogP contribution in [-0.2, 0) is 4.79 Å². The molecule has 16 heavy (non-hydrogen) atoms. The van der Waals surface area contributed by atoms with Crippen LogP contribution < -0.4 is 11.1 Å². The number of aromatic hydroxyl groups is 1. The molecular weight excluding hydrogens is 224 g/mol. The van der Waals surface area contributed by atoms with Gasteiger partial charge in [0.25, 0.3) is 0 Å². The molecule has 0 saturated carbocycles. The predicted octanol–water partition coefficient (Wildman–Crippen LogP) is 1.41. The van der Waals surface area contributed by atoms with Gasteiger partial charge in [-0.3, -0.25) is 4.79 Å². The molecule has 1 atom stereocenters. The summed E-state index contributed by atoms with van der Waals surface area (Å²) in [6, 6.07) is 5.90. The third kappa shape index (κ3) is 4.12. The summed E-state index contributed by atoms with van der Waals surface area (Å²) in [4.78, 5) is 11.6. The molecule has 0 bridgehead atoms. The molecule has 0 saturated heterocycles. The van der Waals surface area contributed by atoms with Crippen LogP contribution in [0, 0.1) is 0 Å². The molecule has 4 N–H and O–H groups in total. The second-order valence-corrected chi connectivity index (χ2v) is 4.41. The van der Waals surface area contributed by atoms with Crippen molar-refractivity contribution in [2.45, 2.75) is 12.5 Å². The van der Waals surface area contributed by atoms with Gasteiger partial charge < -0.3 is 16.2 Å². The van der Waals surface area contributed by atoms with Crippen LogP contribution in [0.5, 0.6) is 5.75 Å². The highest BCUT2D eigenvalue weighted by Crippen LogP contribution is 2.15. The number of nitrogens with two attached hydrogens (primary N) is 1. The first-order chi connectivity index (χ1) is 7.63.